The molecule has 4 fully saturated rings. The van der Waals surface area contributed by atoms with E-state index in [1.54, 1.807) is 0 Å². The average molecular weight is 427 g/mol. The molecule has 30 heavy (non-hydrogen) atoms. The summed E-state index contributed by atoms with van der Waals surface area (Å²) in [5, 5.41) is 0. The molecular formula is C29H47P. The predicted molar refractivity (Wildman–Crippen MR) is 135 cm³/mol. The van der Waals surface area contributed by atoms with Gasteiger partial charge >= 0.3 is 0 Å². The van der Waals surface area contributed by atoms with Crippen LogP contribution in [-0.4, -0.2) is 6.16 Å². The van der Waals surface area contributed by atoms with Gasteiger partial charge < -0.3 is 0 Å². The van der Waals surface area contributed by atoms with Gasteiger partial charge in [-0.1, -0.05) is 72.0 Å². The zero-order valence-electron chi connectivity index (χ0n) is 20.3. The van der Waals surface area contributed by atoms with Gasteiger partial charge in [0.25, 0.3) is 0 Å². The van der Waals surface area contributed by atoms with Crippen molar-refractivity contribution in [2.75, 3.05) is 6.16 Å². The summed E-state index contributed by atoms with van der Waals surface area (Å²) in [6.07, 6.45) is 18.3. The fraction of sp³-hybridized carbons (Fsp3) is 0.793. The Labute approximate surface area is 189 Å². The molecule has 0 radical (unpaired) electrons. The van der Waals surface area contributed by atoms with Gasteiger partial charge in [-0.25, -0.2) is 0 Å². The zero-order valence-corrected chi connectivity index (χ0v) is 21.3. The van der Waals surface area contributed by atoms with Crippen molar-refractivity contribution in [2.45, 2.75) is 91.9 Å². The molecule has 0 N–H and O–H groups in total. The summed E-state index contributed by atoms with van der Waals surface area (Å²) >= 11 is 0. The van der Waals surface area contributed by atoms with Gasteiger partial charge in [-0.3, -0.25) is 0 Å². The van der Waals surface area contributed by atoms with E-state index in [-0.39, 0.29) is 0 Å². The molecule has 1 heteroatoms. The number of fused-ring (bicyclic) bond motifs is 5. The van der Waals surface area contributed by atoms with E-state index in [4.69, 9.17) is 0 Å². The minimum atomic E-state index is 0.503. The largest absolute Gasteiger partial charge is 0.0988 e. The Kier molecular flexibility index (Phi) is 6.76. The Hall–Kier alpha value is -0.350. The number of hydrogen-bond donors (Lipinski definition) is 0. The van der Waals surface area contributed by atoms with Crippen molar-refractivity contribution in [3.8, 4) is 0 Å². The minimum absolute atomic E-state index is 0.503. The van der Waals surface area contributed by atoms with Gasteiger partial charge in [0, 0.05) is 0 Å². The molecule has 0 aromatic heterocycles. The van der Waals surface area contributed by atoms with Crippen molar-refractivity contribution < 1.29 is 0 Å². The Balaban J connectivity index is 1.48. The van der Waals surface area contributed by atoms with Gasteiger partial charge in [0.1, 0.15) is 0 Å². The van der Waals surface area contributed by atoms with Crippen LogP contribution in [0.15, 0.2) is 36.2 Å². The minimum Gasteiger partial charge on any atom is -0.0988 e. The van der Waals surface area contributed by atoms with E-state index in [0.29, 0.717) is 10.8 Å². The van der Waals surface area contributed by atoms with Gasteiger partial charge in [-0.05, 0) is 117 Å². The van der Waals surface area contributed by atoms with Gasteiger partial charge in [-0.2, -0.15) is 0 Å². The fourth-order valence-corrected chi connectivity index (χ4v) is 9.69. The fourth-order valence-electron chi connectivity index (χ4n) is 8.94. The average Bonchev–Trinajstić information content (AvgIpc) is 3.06. The summed E-state index contributed by atoms with van der Waals surface area (Å²) in [6.45, 7) is 18.7. The molecule has 4 aliphatic rings. The van der Waals surface area contributed by atoms with Crippen LogP contribution in [0.25, 0.3) is 0 Å². The van der Waals surface area contributed by atoms with Crippen molar-refractivity contribution >= 4 is 8.58 Å². The van der Waals surface area contributed by atoms with Crippen LogP contribution >= 0.6 is 8.58 Å². The lowest BCUT2D eigenvalue weighted by Crippen LogP contribution is -2.53. The molecule has 0 aromatic carbocycles. The van der Waals surface area contributed by atoms with Crippen LogP contribution in [0.5, 0.6) is 0 Å². The highest BCUT2D eigenvalue weighted by Crippen LogP contribution is 2.68. The highest BCUT2D eigenvalue weighted by molar-refractivity contribution is 7.41. The van der Waals surface area contributed by atoms with E-state index in [0.717, 1.165) is 44.1 Å². The second-order valence-corrected chi connectivity index (χ2v) is 13.5. The van der Waals surface area contributed by atoms with Crippen molar-refractivity contribution in [3.05, 3.63) is 36.2 Å². The molecule has 0 amide bonds. The molecule has 0 aromatic rings. The molecule has 9 atom stereocenters. The summed E-state index contributed by atoms with van der Waals surface area (Å²) in [5.41, 5.74) is 4.13. The van der Waals surface area contributed by atoms with Crippen LogP contribution in [0.2, 0.25) is 0 Å². The van der Waals surface area contributed by atoms with E-state index < -0.39 is 0 Å². The molecule has 0 spiro atoms. The Bertz CT molecular complexity index is 688. The van der Waals surface area contributed by atoms with Crippen LogP contribution in [0, 0.1) is 46.3 Å². The Morgan fingerprint density at radius 2 is 1.73 bits per heavy atom. The third-order valence-corrected chi connectivity index (χ3v) is 11.4. The van der Waals surface area contributed by atoms with Crippen LogP contribution in [0.1, 0.15) is 91.9 Å². The number of rotatable bonds is 6. The number of allylic oxidation sites excluding steroid dienone is 3. The standard InChI is InChI=1S/C29H47P/c1-7-30-17-14-21(3)18-22(4)25-10-11-26-24-9-8-23-19-20(2)12-15-28(23,5)27(24)13-16-29(25,26)6/h7,18,20,23-27,30H,1,4,8-17,19H2,2-3,5-6H3/b21-18+. The van der Waals surface area contributed by atoms with E-state index in [1.165, 1.54) is 81.5 Å². The first-order chi connectivity index (χ1) is 14.3. The molecule has 0 aliphatic heterocycles. The topological polar surface area (TPSA) is 0 Å². The molecule has 0 saturated heterocycles. The highest BCUT2D eigenvalue weighted by Gasteiger charge is 2.60. The Morgan fingerprint density at radius 3 is 2.50 bits per heavy atom. The normalized spacial score (nSPS) is 46.3. The molecular weight excluding hydrogens is 379 g/mol. The summed E-state index contributed by atoms with van der Waals surface area (Å²) in [7, 11) is 0.894. The lowest BCUT2D eigenvalue weighted by Gasteiger charge is -2.61. The second kappa shape index (κ2) is 8.89. The molecule has 0 nitrogen and oxygen atoms in total. The van der Waals surface area contributed by atoms with Gasteiger partial charge in [0.15, 0.2) is 0 Å². The molecule has 0 heterocycles. The summed E-state index contributed by atoms with van der Waals surface area (Å²) < 4.78 is 0. The summed E-state index contributed by atoms with van der Waals surface area (Å²) in [5.74, 6) is 7.73. The second-order valence-electron chi connectivity index (χ2n) is 12.2. The van der Waals surface area contributed by atoms with Crippen LogP contribution in [-0.2, 0) is 0 Å². The monoisotopic (exact) mass is 426 g/mol. The molecule has 4 aliphatic carbocycles. The lowest BCUT2D eigenvalue weighted by molar-refractivity contribution is -0.114. The van der Waals surface area contributed by atoms with Crippen LogP contribution < -0.4 is 0 Å². The first kappa shape index (κ1) is 22.8. The highest BCUT2D eigenvalue weighted by atomic mass is 31.1. The van der Waals surface area contributed by atoms with Gasteiger partial charge in [0.2, 0.25) is 0 Å². The van der Waals surface area contributed by atoms with Crippen LogP contribution in [0.4, 0.5) is 0 Å². The maximum atomic E-state index is 4.64. The first-order valence-electron chi connectivity index (χ1n) is 13.0. The SMILES string of the molecule is C=CPCC/C(C)=C/C(=C)C1CCC2C3CCC4CC(C)CCC4(C)C3CCC12C. The third kappa shape index (κ3) is 3.93. The molecule has 168 valence electrons. The van der Waals surface area contributed by atoms with E-state index >= 15 is 0 Å². The van der Waals surface area contributed by atoms with Crippen molar-refractivity contribution in [1.82, 2.24) is 0 Å². The molecule has 4 saturated carbocycles. The molecule has 9 unspecified atom stereocenters. The zero-order chi connectivity index (χ0) is 21.5. The van der Waals surface area contributed by atoms with E-state index in [1.807, 2.05) is 0 Å². The van der Waals surface area contributed by atoms with Crippen molar-refractivity contribution in [1.29, 1.82) is 0 Å². The number of hydrogen-bond acceptors (Lipinski definition) is 0. The maximum absolute atomic E-state index is 4.64. The van der Waals surface area contributed by atoms with Crippen molar-refractivity contribution in [3.63, 3.8) is 0 Å². The lowest BCUT2D eigenvalue weighted by atomic mass is 9.44. The quantitative estimate of drug-likeness (QED) is 0.226. The van der Waals surface area contributed by atoms with E-state index in [9.17, 15) is 0 Å². The smallest absolute Gasteiger partial charge is 0.0111 e. The summed E-state index contributed by atoms with van der Waals surface area (Å²) in [6, 6.07) is 0. The van der Waals surface area contributed by atoms with E-state index in [2.05, 4.69) is 52.7 Å². The van der Waals surface area contributed by atoms with Gasteiger partial charge in [0.05, 0.1) is 0 Å². The van der Waals surface area contributed by atoms with Crippen molar-refractivity contribution in [2.24, 2.45) is 46.3 Å². The molecule has 4 rings (SSSR count). The predicted octanol–water partition coefficient (Wildman–Crippen LogP) is 9.00. The molecule has 0 bridgehead atoms. The first-order valence-corrected chi connectivity index (χ1v) is 14.3. The maximum Gasteiger partial charge on any atom is -0.0111 e. The van der Waals surface area contributed by atoms with Crippen LogP contribution in [0.3, 0.4) is 0 Å². The van der Waals surface area contributed by atoms with Gasteiger partial charge in [-0.15, -0.1) is 0 Å². The Morgan fingerprint density at radius 1 is 1.00 bits per heavy atom. The third-order valence-electron chi connectivity index (χ3n) is 10.6. The summed E-state index contributed by atoms with van der Waals surface area (Å²) in [4.78, 5) is 0.